The molecule has 0 spiro atoms. The highest BCUT2D eigenvalue weighted by molar-refractivity contribution is 6.13. The summed E-state index contributed by atoms with van der Waals surface area (Å²) in [5.74, 6) is -0.420. The summed E-state index contributed by atoms with van der Waals surface area (Å²) in [4.78, 5) is 18.2. The molecular formula is C24H20N2O2. The highest BCUT2D eigenvalue weighted by Gasteiger charge is 2.24. The number of fused-ring (bicyclic) bond motifs is 4. The number of hydrogen-bond acceptors (Lipinski definition) is 3. The lowest BCUT2D eigenvalue weighted by Gasteiger charge is -2.15. The van der Waals surface area contributed by atoms with Crippen LogP contribution in [0.3, 0.4) is 0 Å². The Bertz CT molecular complexity index is 1240. The van der Waals surface area contributed by atoms with Gasteiger partial charge < -0.3 is 9.40 Å². The molecule has 0 N–H and O–H groups in total. The molecule has 1 heterocycles. The maximum Gasteiger partial charge on any atom is 0.366 e. The molecule has 4 heteroatoms. The van der Waals surface area contributed by atoms with E-state index in [0.29, 0.717) is 5.56 Å². The SMILES string of the molecule is Cn1c2c(c3ccccc31)/C(=N\OC(=O)c1cccc3ccccc13)CCC2. The molecule has 1 aliphatic carbocycles. The van der Waals surface area contributed by atoms with Crippen molar-refractivity contribution < 1.29 is 9.63 Å². The Morgan fingerprint density at radius 1 is 0.929 bits per heavy atom. The third kappa shape index (κ3) is 2.61. The van der Waals surface area contributed by atoms with E-state index in [2.05, 4.69) is 28.9 Å². The van der Waals surface area contributed by atoms with Gasteiger partial charge in [0.1, 0.15) is 0 Å². The number of hydrogen-bond donors (Lipinski definition) is 0. The molecule has 0 fully saturated rings. The van der Waals surface area contributed by atoms with Gasteiger partial charge in [0.05, 0.1) is 11.3 Å². The number of para-hydroxylation sites is 1. The molecule has 28 heavy (non-hydrogen) atoms. The van der Waals surface area contributed by atoms with Crippen LogP contribution < -0.4 is 0 Å². The van der Waals surface area contributed by atoms with E-state index in [1.165, 1.54) is 16.6 Å². The smallest absolute Gasteiger partial charge is 0.347 e. The fourth-order valence-corrected chi connectivity index (χ4v) is 4.25. The van der Waals surface area contributed by atoms with Gasteiger partial charge in [-0.05, 0) is 42.2 Å². The first kappa shape index (κ1) is 16.8. The highest BCUT2D eigenvalue weighted by Crippen LogP contribution is 2.32. The van der Waals surface area contributed by atoms with Gasteiger partial charge in [-0.15, -0.1) is 0 Å². The van der Waals surface area contributed by atoms with Crippen molar-refractivity contribution in [1.29, 1.82) is 0 Å². The Labute approximate surface area is 163 Å². The van der Waals surface area contributed by atoms with E-state index < -0.39 is 5.97 Å². The first-order valence-electron chi connectivity index (χ1n) is 9.56. The van der Waals surface area contributed by atoms with E-state index in [-0.39, 0.29) is 0 Å². The van der Waals surface area contributed by atoms with Crippen LogP contribution in [0.1, 0.15) is 34.5 Å². The summed E-state index contributed by atoms with van der Waals surface area (Å²) in [5.41, 5.74) is 4.95. The van der Waals surface area contributed by atoms with Crippen molar-refractivity contribution >= 4 is 33.4 Å². The molecule has 1 aromatic heterocycles. The van der Waals surface area contributed by atoms with Crippen LogP contribution in [0, 0.1) is 0 Å². The lowest BCUT2D eigenvalue weighted by molar-refractivity contribution is 0.0518. The molecule has 0 bridgehead atoms. The number of aryl methyl sites for hydroxylation is 1. The van der Waals surface area contributed by atoms with Crippen LogP contribution >= 0.6 is 0 Å². The average molecular weight is 368 g/mol. The Kier molecular flexibility index (Phi) is 3.97. The van der Waals surface area contributed by atoms with Crippen LogP contribution in [0.4, 0.5) is 0 Å². The zero-order valence-electron chi connectivity index (χ0n) is 15.7. The van der Waals surface area contributed by atoms with E-state index in [1.54, 1.807) is 6.07 Å². The average Bonchev–Trinajstić information content (AvgIpc) is 3.05. The molecule has 0 atom stereocenters. The highest BCUT2D eigenvalue weighted by atomic mass is 16.7. The molecule has 4 nitrogen and oxygen atoms in total. The fourth-order valence-electron chi connectivity index (χ4n) is 4.25. The molecular weight excluding hydrogens is 348 g/mol. The largest absolute Gasteiger partial charge is 0.366 e. The summed E-state index contributed by atoms with van der Waals surface area (Å²) >= 11 is 0. The Hall–Kier alpha value is -3.40. The van der Waals surface area contributed by atoms with Gasteiger partial charge in [0.15, 0.2) is 0 Å². The second kappa shape index (κ2) is 6.64. The van der Waals surface area contributed by atoms with E-state index >= 15 is 0 Å². The minimum Gasteiger partial charge on any atom is -0.347 e. The first-order valence-corrected chi connectivity index (χ1v) is 9.56. The van der Waals surface area contributed by atoms with E-state index in [1.807, 2.05) is 48.5 Å². The van der Waals surface area contributed by atoms with Gasteiger partial charge >= 0.3 is 5.97 Å². The Balaban J connectivity index is 1.53. The van der Waals surface area contributed by atoms with Crippen molar-refractivity contribution in [3.8, 4) is 0 Å². The molecule has 0 saturated carbocycles. The third-order valence-corrected chi connectivity index (χ3v) is 5.59. The number of carbonyl (C=O) groups excluding carboxylic acids is 1. The van der Waals surface area contributed by atoms with Gasteiger partial charge in [-0.2, -0.15) is 0 Å². The van der Waals surface area contributed by atoms with E-state index in [0.717, 1.165) is 41.3 Å². The van der Waals surface area contributed by atoms with Gasteiger partial charge in [-0.25, -0.2) is 4.79 Å². The molecule has 138 valence electrons. The van der Waals surface area contributed by atoms with Crippen molar-refractivity contribution in [3.63, 3.8) is 0 Å². The zero-order valence-corrected chi connectivity index (χ0v) is 15.7. The topological polar surface area (TPSA) is 43.6 Å². The number of aromatic nitrogens is 1. The molecule has 1 aliphatic rings. The number of oxime groups is 1. The van der Waals surface area contributed by atoms with Crippen LogP contribution in [-0.2, 0) is 18.3 Å². The Morgan fingerprint density at radius 3 is 2.57 bits per heavy atom. The summed E-state index contributed by atoms with van der Waals surface area (Å²) in [6.45, 7) is 0. The minimum absolute atomic E-state index is 0.420. The normalized spacial score (nSPS) is 15.1. The fraction of sp³-hybridized carbons (Fsp3) is 0.167. The molecule has 0 saturated heterocycles. The van der Waals surface area contributed by atoms with Gasteiger partial charge in [0, 0.05) is 29.2 Å². The van der Waals surface area contributed by atoms with Crippen molar-refractivity contribution in [3.05, 3.63) is 83.6 Å². The molecule has 3 aromatic carbocycles. The Morgan fingerprint density at radius 2 is 1.68 bits per heavy atom. The second-order valence-corrected chi connectivity index (χ2v) is 7.19. The van der Waals surface area contributed by atoms with Gasteiger partial charge in [0.25, 0.3) is 0 Å². The summed E-state index contributed by atoms with van der Waals surface area (Å²) in [6, 6.07) is 21.8. The first-order chi connectivity index (χ1) is 13.7. The molecule has 0 radical (unpaired) electrons. The van der Waals surface area contributed by atoms with Crippen LogP contribution in [0.25, 0.3) is 21.7 Å². The molecule has 0 unspecified atom stereocenters. The van der Waals surface area contributed by atoms with E-state index in [4.69, 9.17) is 4.84 Å². The van der Waals surface area contributed by atoms with Gasteiger partial charge in [0.2, 0.25) is 0 Å². The monoisotopic (exact) mass is 368 g/mol. The lowest BCUT2D eigenvalue weighted by atomic mass is 9.93. The predicted octanol–water partition coefficient (Wildman–Crippen LogP) is 5.23. The second-order valence-electron chi connectivity index (χ2n) is 7.19. The zero-order chi connectivity index (χ0) is 19.1. The maximum atomic E-state index is 12.7. The van der Waals surface area contributed by atoms with Crippen molar-refractivity contribution in [2.75, 3.05) is 0 Å². The van der Waals surface area contributed by atoms with Gasteiger partial charge in [-0.1, -0.05) is 59.8 Å². The maximum absolute atomic E-state index is 12.7. The van der Waals surface area contributed by atoms with Crippen LogP contribution in [0.5, 0.6) is 0 Å². The number of carbonyl (C=O) groups is 1. The van der Waals surface area contributed by atoms with Crippen molar-refractivity contribution in [1.82, 2.24) is 4.57 Å². The third-order valence-electron chi connectivity index (χ3n) is 5.59. The quantitative estimate of drug-likeness (QED) is 0.359. The number of rotatable bonds is 2. The number of benzene rings is 3. The lowest BCUT2D eigenvalue weighted by Crippen LogP contribution is -2.14. The van der Waals surface area contributed by atoms with Gasteiger partial charge in [-0.3, -0.25) is 0 Å². The molecule has 0 amide bonds. The van der Waals surface area contributed by atoms with Crippen LogP contribution in [0.2, 0.25) is 0 Å². The summed E-state index contributed by atoms with van der Waals surface area (Å²) < 4.78 is 2.23. The summed E-state index contributed by atoms with van der Waals surface area (Å²) in [6.07, 6.45) is 2.82. The summed E-state index contributed by atoms with van der Waals surface area (Å²) in [7, 11) is 2.09. The van der Waals surface area contributed by atoms with Crippen LogP contribution in [-0.4, -0.2) is 16.2 Å². The van der Waals surface area contributed by atoms with Crippen LogP contribution in [0.15, 0.2) is 71.9 Å². The molecule has 4 aromatic rings. The molecule has 0 aliphatic heterocycles. The van der Waals surface area contributed by atoms with Crippen molar-refractivity contribution in [2.24, 2.45) is 12.2 Å². The minimum atomic E-state index is -0.420. The predicted molar refractivity (Wildman–Crippen MR) is 112 cm³/mol. The summed E-state index contributed by atoms with van der Waals surface area (Å²) in [5, 5.41) is 7.38. The standard InChI is InChI=1S/C24H20N2O2/c1-26-21-14-5-4-11-19(21)23-20(13-7-15-22(23)26)25-28-24(27)18-12-6-9-16-8-2-3-10-17(16)18/h2-6,8-12,14H,7,13,15H2,1H3/b25-20-. The number of nitrogens with zero attached hydrogens (tertiary/aromatic N) is 2. The van der Waals surface area contributed by atoms with Crippen molar-refractivity contribution in [2.45, 2.75) is 19.3 Å². The molecule has 5 rings (SSSR count). The van der Waals surface area contributed by atoms with E-state index in [9.17, 15) is 4.79 Å².